The molecule has 0 aliphatic carbocycles. The molecule has 1 N–H and O–H groups in total. The molecule has 1 amide bonds. The molecule has 2 heterocycles. The fraction of sp³-hybridized carbons (Fsp3) is 0.273. The molecule has 90 valence electrons. The van der Waals surface area contributed by atoms with Gasteiger partial charge in [0.15, 0.2) is 0 Å². The minimum absolute atomic E-state index is 0.0770. The normalized spacial score (nSPS) is 10.5. The molecule has 0 saturated carbocycles. The van der Waals surface area contributed by atoms with Gasteiger partial charge in [-0.3, -0.25) is 9.48 Å². The average Bonchev–Trinajstić information content (AvgIpc) is 2.85. The summed E-state index contributed by atoms with van der Waals surface area (Å²) in [6.45, 7) is 2.02. The van der Waals surface area contributed by atoms with Gasteiger partial charge in [0, 0.05) is 18.6 Å². The minimum atomic E-state index is -0.0770. The second kappa shape index (κ2) is 5.18. The van der Waals surface area contributed by atoms with Gasteiger partial charge in [-0.25, -0.2) is 0 Å². The van der Waals surface area contributed by atoms with E-state index >= 15 is 0 Å². The Balaban J connectivity index is 2.18. The highest BCUT2D eigenvalue weighted by atomic mass is 127. The van der Waals surface area contributed by atoms with E-state index in [-0.39, 0.29) is 5.91 Å². The molecule has 0 fully saturated rings. The predicted octanol–water partition coefficient (Wildman–Crippen LogP) is 2.90. The zero-order chi connectivity index (χ0) is 12.4. The van der Waals surface area contributed by atoms with Crippen molar-refractivity contribution in [1.29, 1.82) is 0 Å². The van der Waals surface area contributed by atoms with Crippen LogP contribution in [-0.2, 0) is 13.5 Å². The smallest absolute Gasteiger partial charge is 0.256 e. The molecular formula is C11H12IN3OS. The van der Waals surface area contributed by atoms with Crippen LogP contribution in [0, 0.1) is 2.88 Å². The lowest BCUT2D eigenvalue weighted by Gasteiger charge is -2.01. The Kier molecular flexibility index (Phi) is 3.82. The standard InChI is InChI=1S/C11H12IN3OS/c1-3-8-9(5-15(2)14-8)13-11(16)7-4-10(12)17-6-7/h4-6H,3H2,1-2H3,(H,13,16). The predicted molar refractivity (Wildman–Crippen MR) is 77.6 cm³/mol. The fourth-order valence-corrected chi connectivity index (χ4v) is 2.85. The second-order valence-corrected chi connectivity index (χ2v) is 6.42. The number of hydrogen-bond acceptors (Lipinski definition) is 3. The molecule has 0 bridgehead atoms. The van der Waals surface area contributed by atoms with Crippen LogP contribution in [0.3, 0.4) is 0 Å². The zero-order valence-electron chi connectivity index (χ0n) is 9.53. The summed E-state index contributed by atoms with van der Waals surface area (Å²) in [7, 11) is 1.85. The summed E-state index contributed by atoms with van der Waals surface area (Å²) < 4.78 is 2.82. The first kappa shape index (κ1) is 12.6. The molecule has 0 spiro atoms. The van der Waals surface area contributed by atoms with Crippen LogP contribution in [0.4, 0.5) is 5.69 Å². The van der Waals surface area contributed by atoms with Crippen molar-refractivity contribution in [3.8, 4) is 0 Å². The van der Waals surface area contributed by atoms with Crippen LogP contribution in [0.15, 0.2) is 17.6 Å². The van der Waals surface area contributed by atoms with E-state index in [1.165, 1.54) is 0 Å². The summed E-state index contributed by atoms with van der Waals surface area (Å²) in [6, 6.07) is 1.88. The average molecular weight is 361 g/mol. The number of carbonyl (C=O) groups excluding carboxylic acids is 1. The molecular weight excluding hydrogens is 349 g/mol. The van der Waals surface area contributed by atoms with Crippen molar-refractivity contribution in [1.82, 2.24) is 9.78 Å². The van der Waals surface area contributed by atoms with Crippen LogP contribution in [0.1, 0.15) is 23.0 Å². The maximum absolute atomic E-state index is 12.0. The third-order valence-electron chi connectivity index (χ3n) is 2.32. The molecule has 0 aliphatic rings. The second-order valence-electron chi connectivity index (χ2n) is 3.61. The van der Waals surface area contributed by atoms with Gasteiger partial charge in [0.25, 0.3) is 5.91 Å². The third kappa shape index (κ3) is 2.86. The lowest BCUT2D eigenvalue weighted by atomic mass is 10.2. The third-order valence-corrected chi connectivity index (χ3v) is 4.11. The van der Waals surface area contributed by atoms with E-state index < -0.39 is 0 Å². The minimum Gasteiger partial charge on any atom is -0.319 e. The van der Waals surface area contributed by atoms with E-state index in [0.29, 0.717) is 5.56 Å². The van der Waals surface area contributed by atoms with Gasteiger partial charge in [0.05, 0.1) is 19.8 Å². The molecule has 2 aromatic rings. The molecule has 6 heteroatoms. The number of carbonyl (C=O) groups is 1. The van der Waals surface area contributed by atoms with E-state index in [0.717, 1.165) is 20.7 Å². The summed E-state index contributed by atoms with van der Waals surface area (Å²) in [6.07, 6.45) is 2.63. The van der Waals surface area contributed by atoms with Gasteiger partial charge < -0.3 is 5.32 Å². The van der Waals surface area contributed by atoms with Crippen molar-refractivity contribution in [2.24, 2.45) is 7.05 Å². The van der Waals surface area contributed by atoms with E-state index in [1.54, 1.807) is 16.0 Å². The van der Waals surface area contributed by atoms with Crippen molar-refractivity contribution >= 4 is 45.5 Å². The van der Waals surface area contributed by atoms with Gasteiger partial charge in [-0.15, -0.1) is 11.3 Å². The van der Waals surface area contributed by atoms with Crippen LogP contribution < -0.4 is 5.32 Å². The summed E-state index contributed by atoms with van der Waals surface area (Å²) in [5.74, 6) is -0.0770. The Hall–Kier alpha value is -0.890. The SMILES string of the molecule is CCc1nn(C)cc1NC(=O)c1csc(I)c1. The number of amides is 1. The van der Waals surface area contributed by atoms with Crippen LogP contribution >= 0.6 is 33.9 Å². The Morgan fingerprint density at radius 1 is 1.65 bits per heavy atom. The van der Waals surface area contributed by atoms with Gasteiger partial charge in [0.2, 0.25) is 0 Å². The van der Waals surface area contributed by atoms with Crippen molar-refractivity contribution < 1.29 is 4.79 Å². The summed E-state index contributed by atoms with van der Waals surface area (Å²) >= 11 is 3.77. The van der Waals surface area contributed by atoms with E-state index in [4.69, 9.17) is 0 Å². The first-order valence-corrected chi connectivity index (χ1v) is 7.14. The number of aryl methyl sites for hydroxylation is 2. The lowest BCUT2D eigenvalue weighted by molar-refractivity contribution is 0.102. The van der Waals surface area contributed by atoms with E-state index in [9.17, 15) is 4.79 Å². The first-order valence-electron chi connectivity index (χ1n) is 5.18. The lowest BCUT2D eigenvalue weighted by Crippen LogP contribution is -2.11. The van der Waals surface area contributed by atoms with E-state index in [1.807, 2.05) is 31.6 Å². The number of halogens is 1. The molecule has 4 nitrogen and oxygen atoms in total. The Morgan fingerprint density at radius 3 is 3.00 bits per heavy atom. The van der Waals surface area contributed by atoms with Crippen molar-refractivity contribution in [2.75, 3.05) is 5.32 Å². The van der Waals surface area contributed by atoms with E-state index in [2.05, 4.69) is 33.0 Å². The number of nitrogens with zero attached hydrogens (tertiary/aromatic N) is 2. The molecule has 2 rings (SSSR count). The molecule has 0 saturated heterocycles. The number of nitrogens with one attached hydrogen (secondary N) is 1. The Bertz CT molecular complexity index is 547. The van der Waals surface area contributed by atoms with Gasteiger partial charge in [-0.05, 0) is 35.1 Å². The monoisotopic (exact) mass is 361 g/mol. The number of rotatable bonds is 3. The molecule has 0 aliphatic heterocycles. The van der Waals surface area contributed by atoms with Crippen LogP contribution in [0.2, 0.25) is 0 Å². The van der Waals surface area contributed by atoms with Crippen LogP contribution in [0.5, 0.6) is 0 Å². The van der Waals surface area contributed by atoms with Crippen LogP contribution in [-0.4, -0.2) is 15.7 Å². The van der Waals surface area contributed by atoms with Gasteiger partial charge in [0.1, 0.15) is 0 Å². The van der Waals surface area contributed by atoms with Crippen LogP contribution in [0.25, 0.3) is 0 Å². The highest BCUT2D eigenvalue weighted by Gasteiger charge is 2.12. The van der Waals surface area contributed by atoms with Gasteiger partial charge in [-0.2, -0.15) is 5.10 Å². The highest BCUT2D eigenvalue weighted by molar-refractivity contribution is 14.1. The Labute approximate surface area is 117 Å². The van der Waals surface area contributed by atoms with Crippen molar-refractivity contribution in [3.63, 3.8) is 0 Å². The summed E-state index contributed by atoms with van der Waals surface area (Å²) in [5.41, 5.74) is 2.40. The number of aromatic nitrogens is 2. The topological polar surface area (TPSA) is 46.9 Å². The number of anilines is 1. The number of thiophene rings is 1. The Morgan fingerprint density at radius 2 is 2.41 bits per heavy atom. The molecule has 2 aromatic heterocycles. The maximum Gasteiger partial charge on any atom is 0.256 e. The van der Waals surface area contributed by atoms with Gasteiger partial charge >= 0.3 is 0 Å². The summed E-state index contributed by atoms with van der Waals surface area (Å²) in [5, 5.41) is 9.04. The highest BCUT2D eigenvalue weighted by Crippen LogP contribution is 2.19. The first-order chi connectivity index (χ1) is 8.10. The molecule has 0 radical (unpaired) electrons. The molecule has 17 heavy (non-hydrogen) atoms. The number of hydrogen-bond donors (Lipinski definition) is 1. The quantitative estimate of drug-likeness (QED) is 0.855. The molecule has 0 atom stereocenters. The molecule has 0 unspecified atom stereocenters. The summed E-state index contributed by atoms with van der Waals surface area (Å²) in [4.78, 5) is 12.0. The van der Waals surface area contributed by atoms with Gasteiger partial charge in [-0.1, -0.05) is 6.92 Å². The fourth-order valence-electron chi connectivity index (χ4n) is 1.52. The molecule has 0 aromatic carbocycles. The maximum atomic E-state index is 12.0. The largest absolute Gasteiger partial charge is 0.319 e. The van der Waals surface area contributed by atoms with Crippen molar-refractivity contribution in [2.45, 2.75) is 13.3 Å². The zero-order valence-corrected chi connectivity index (χ0v) is 12.5. The van der Waals surface area contributed by atoms with Crippen molar-refractivity contribution in [3.05, 3.63) is 31.8 Å².